The van der Waals surface area contributed by atoms with Gasteiger partial charge in [0.25, 0.3) is 5.91 Å². The predicted octanol–water partition coefficient (Wildman–Crippen LogP) is 2.14. The average Bonchev–Trinajstić information content (AvgIpc) is 2.81. The molecule has 3 N–H and O–H groups in total. The van der Waals surface area contributed by atoms with Gasteiger partial charge >= 0.3 is 5.97 Å². The number of amides is 1. The van der Waals surface area contributed by atoms with E-state index >= 15 is 0 Å². The maximum absolute atomic E-state index is 12.8. The zero-order chi connectivity index (χ0) is 24.2. The standard InChI is InChI=1S/C21H24ClN3O7S/c1-13(32-21(27)16-11-17(22)18(23)12-19(16)30-2)20(26)24-14-4-3-5-15(10-14)33(28,29)25-6-8-31-9-7-25/h3-5,10-13H,6-9,23H2,1-2H3,(H,24,26)/t13-/m1/s1. The Balaban J connectivity index is 1.70. The van der Waals surface area contributed by atoms with Crippen LogP contribution in [0.1, 0.15) is 17.3 Å². The zero-order valence-electron chi connectivity index (χ0n) is 18.0. The fourth-order valence-electron chi connectivity index (χ4n) is 3.09. The summed E-state index contributed by atoms with van der Waals surface area (Å²) in [6.07, 6.45) is -1.20. The van der Waals surface area contributed by atoms with Gasteiger partial charge in [0.2, 0.25) is 10.0 Å². The topological polar surface area (TPSA) is 137 Å². The van der Waals surface area contributed by atoms with Gasteiger partial charge in [0.05, 0.1) is 35.9 Å². The van der Waals surface area contributed by atoms with Gasteiger partial charge in [-0.15, -0.1) is 0 Å². The first-order chi connectivity index (χ1) is 15.6. The van der Waals surface area contributed by atoms with E-state index in [4.69, 9.17) is 31.5 Å². The minimum Gasteiger partial charge on any atom is -0.496 e. The SMILES string of the molecule is COc1cc(N)c(Cl)cc1C(=O)O[C@H](C)C(=O)Nc1cccc(S(=O)(=O)N2CCOCC2)c1. The van der Waals surface area contributed by atoms with Crippen LogP contribution in [0, 0.1) is 0 Å². The third kappa shape index (κ3) is 5.74. The van der Waals surface area contributed by atoms with Crippen molar-refractivity contribution < 1.29 is 32.2 Å². The van der Waals surface area contributed by atoms with Gasteiger partial charge in [-0.25, -0.2) is 13.2 Å². The monoisotopic (exact) mass is 497 g/mol. The highest BCUT2D eigenvalue weighted by Gasteiger charge is 2.27. The zero-order valence-corrected chi connectivity index (χ0v) is 19.6. The first kappa shape index (κ1) is 24.8. The van der Waals surface area contributed by atoms with Crippen molar-refractivity contribution in [3.8, 4) is 5.75 Å². The second kappa shape index (κ2) is 10.4. The summed E-state index contributed by atoms with van der Waals surface area (Å²) in [5.41, 5.74) is 6.19. The van der Waals surface area contributed by atoms with Gasteiger partial charge in [0, 0.05) is 24.8 Å². The van der Waals surface area contributed by atoms with Crippen molar-refractivity contribution in [1.82, 2.24) is 4.31 Å². The molecule has 3 rings (SSSR count). The lowest BCUT2D eigenvalue weighted by Crippen LogP contribution is -2.40. The van der Waals surface area contributed by atoms with Crippen LogP contribution in [-0.2, 0) is 24.3 Å². The minimum atomic E-state index is -3.73. The molecule has 1 aliphatic rings. The summed E-state index contributed by atoms with van der Waals surface area (Å²) in [6, 6.07) is 8.52. The molecule has 2 aromatic rings. The van der Waals surface area contributed by atoms with Crippen molar-refractivity contribution >= 4 is 44.9 Å². The largest absolute Gasteiger partial charge is 0.496 e. The summed E-state index contributed by atoms with van der Waals surface area (Å²) in [5.74, 6) is -1.33. The number of nitrogens with two attached hydrogens (primary N) is 1. The van der Waals surface area contributed by atoms with Crippen LogP contribution in [0.25, 0.3) is 0 Å². The molecule has 1 atom stereocenters. The molecule has 1 amide bonds. The second-order valence-corrected chi connectivity index (χ2v) is 9.50. The van der Waals surface area contributed by atoms with Crippen LogP contribution < -0.4 is 15.8 Å². The number of nitrogens with zero attached hydrogens (tertiary/aromatic N) is 1. The molecule has 1 heterocycles. The van der Waals surface area contributed by atoms with Crippen LogP contribution >= 0.6 is 11.6 Å². The number of halogens is 1. The van der Waals surface area contributed by atoms with Gasteiger partial charge in [0.1, 0.15) is 11.3 Å². The Labute approximate surface area is 196 Å². The van der Waals surface area contributed by atoms with Gasteiger partial charge < -0.3 is 25.3 Å². The van der Waals surface area contributed by atoms with Crippen molar-refractivity contribution in [2.45, 2.75) is 17.9 Å². The number of hydrogen-bond acceptors (Lipinski definition) is 8. The molecule has 0 unspecified atom stereocenters. The maximum Gasteiger partial charge on any atom is 0.342 e. The Morgan fingerprint density at radius 3 is 2.58 bits per heavy atom. The van der Waals surface area contributed by atoms with Crippen LogP contribution in [0.2, 0.25) is 5.02 Å². The highest BCUT2D eigenvalue weighted by atomic mass is 35.5. The molecule has 0 saturated carbocycles. The van der Waals surface area contributed by atoms with E-state index in [1.54, 1.807) is 0 Å². The molecule has 1 saturated heterocycles. The maximum atomic E-state index is 12.8. The molecule has 33 heavy (non-hydrogen) atoms. The fourth-order valence-corrected chi connectivity index (χ4v) is 4.71. The predicted molar refractivity (Wildman–Crippen MR) is 122 cm³/mol. The van der Waals surface area contributed by atoms with Crippen molar-refractivity contribution in [3.05, 3.63) is 47.0 Å². The number of esters is 1. The summed E-state index contributed by atoms with van der Waals surface area (Å²) >= 11 is 5.97. The van der Waals surface area contributed by atoms with Crippen LogP contribution in [-0.4, -0.2) is 64.1 Å². The van der Waals surface area contributed by atoms with Crippen molar-refractivity contribution in [2.75, 3.05) is 44.5 Å². The van der Waals surface area contributed by atoms with Gasteiger partial charge in [-0.3, -0.25) is 4.79 Å². The number of anilines is 2. The number of nitrogen functional groups attached to an aromatic ring is 1. The number of sulfonamides is 1. The Kier molecular flexibility index (Phi) is 7.80. The smallest absolute Gasteiger partial charge is 0.342 e. The summed E-state index contributed by atoms with van der Waals surface area (Å²) in [6.45, 7) is 2.53. The highest BCUT2D eigenvalue weighted by molar-refractivity contribution is 7.89. The van der Waals surface area contributed by atoms with Gasteiger partial charge in [-0.1, -0.05) is 17.7 Å². The number of morpholine rings is 1. The van der Waals surface area contributed by atoms with E-state index in [1.165, 1.54) is 54.7 Å². The van der Waals surface area contributed by atoms with Gasteiger partial charge in [-0.2, -0.15) is 4.31 Å². The second-order valence-electron chi connectivity index (χ2n) is 7.16. The number of benzene rings is 2. The highest BCUT2D eigenvalue weighted by Crippen LogP contribution is 2.29. The Morgan fingerprint density at radius 1 is 1.21 bits per heavy atom. The fraction of sp³-hybridized carbons (Fsp3) is 0.333. The van der Waals surface area contributed by atoms with Crippen molar-refractivity contribution in [3.63, 3.8) is 0 Å². The number of methoxy groups -OCH3 is 1. The normalized spacial score (nSPS) is 15.5. The molecule has 2 aromatic carbocycles. The molecule has 1 fully saturated rings. The molecule has 0 radical (unpaired) electrons. The van der Waals surface area contributed by atoms with E-state index in [0.717, 1.165) is 0 Å². The first-order valence-electron chi connectivity index (χ1n) is 9.96. The lowest BCUT2D eigenvalue weighted by Gasteiger charge is -2.26. The van der Waals surface area contributed by atoms with Crippen molar-refractivity contribution in [1.29, 1.82) is 0 Å². The number of carbonyl (C=O) groups is 2. The molecule has 0 bridgehead atoms. The molecule has 0 aromatic heterocycles. The number of ether oxygens (including phenoxy) is 3. The van der Waals surface area contributed by atoms with E-state index in [9.17, 15) is 18.0 Å². The third-order valence-electron chi connectivity index (χ3n) is 4.90. The molecule has 10 nitrogen and oxygen atoms in total. The van der Waals surface area contributed by atoms with E-state index in [-0.39, 0.29) is 45.7 Å². The van der Waals surface area contributed by atoms with E-state index in [2.05, 4.69) is 5.32 Å². The first-order valence-corrected chi connectivity index (χ1v) is 11.8. The summed E-state index contributed by atoms with van der Waals surface area (Å²) in [7, 11) is -2.38. The Hall–Kier alpha value is -2.86. The minimum absolute atomic E-state index is 0.00921. The molecular weight excluding hydrogens is 474 g/mol. The number of carbonyl (C=O) groups excluding carboxylic acids is 2. The quantitative estimate of drug-likeness (QED) is 0.438. The van der Waals surface area contributed by atoms with E-state index in [1.807, 2.05) is 0 Å². The van der Waals surface area contributed by atoms with Crippen LogP contribution in [0.5, 0.6) is 5.75 Å². The van der Waals surface area contributed by atoms with Crippen molar-refractivity contribution in [2.24, 2.45) is 0 Å². The number of hydrogen-bond donors (Lipinski definition) is 2. The van der Waals surface area contributed by atoms with Gasteiger partial charge in [-0.05, 0) is 31.2 Å². The Bertz CT molecular complexity index is 1150. The summed E-state index contributed by atoms with van der Waals surface area (Å²) in [5, 5.41) is 2.70. The van der Waals surface area contributed by atoms with Crippen LogP contribution in [0.3, 0.4) is 0 Å². The molecule has 1 aliphatic heterocycles. The summed E-state index contributed by atoms with van der Waals surface area (Å²) in [4.78, 5) is 25.1. The molecular formula is C21H24ClN3O7S. The lowest BCUT2D eigenvalue weighted by molar-refractivity contribution is -0.123. The van der Waals surface area contributed by atoms with E-state index < -0.39 is 28.0 Å². The molecule has 12 heteroatoms. The van der Waals surface area contributed by atoms with Crippen LogP contribution in [0.15, 0.2) is 41.3 Å². The van der Waals surface area contributed by atoms with Crippen LogP contribution in [0.4, 0.5) is 11.4 Å². The number of nitrogens with one attached hydrogen (secondary N) is 1. The molecule has 0 spiro atoms. The summed E-state index contributed by atoms with van der Waals surface area (Å²) < 4.78 is 42.5. The van der Waals surface area contributed by atoms with E-state index in [0.29, 0.717) is 13.2 Å². The Morgan fingerprint density at radius 2 is 1.91 bits per heavy atom. The third-order valence-corrected chi connectivity index (χ3v) is 7.12. The van der Waals surface area contributed by atoms with Gasteiger partial charge in [0.15, 0.2) is 6.10 Å². The molecule has 178 valence electrons. The number of rotatable bonds is 7. The molecule has 0 aliphatic carbocycles. The average molecular weight is 498 g/mol. The lowest BCUT2D eigenvalue weighted by atomic mass is 10.2.